The SMILES string of the molecule is COC(c1ccc(C(=O)NN)cc1)c1ccc(C(=O)NN)cc1. The molecular weight excluding hydrogens is 296 g/mol. The summed E-state index contributed by atoms with van der Waals surface area (Å²) in [5.74, 6) is 9.49. The van der Waals surface area contributed by atoms with Gasteiger partial charge in [0, 0.05) is 18.2 Å². The van der Waals surface area contributed by atoms with Gasteiger partial charge in [0.05, 0.1) is 0 Å². The van der Waals surface area contributed by atoms with E-state index in [4.69, 9.17) is 16.4 Å². The molecule has 6 N–H and O–H groups in total. The zero-order valence-electron chi connectivity index (χ0n) is 12.6. The van der Waals surface area contributed by atoms with Crippen LogP contribution in [0.5, 0.6) is 0 Å². The lowest BCUT2D eigenvalue weighted by Gasteiger charge is -2.17. The van der Waals surface area contributed by atoms with Crippen molar-refractivity contribution in [1.29, 1.82) is 0 Å². The minimum atomic E-state index is -0.359. The minimum absolute atomic E-state index is 0.319. The molecule has 2 aromatic carbocycles. The number of carbonyl (C=O) groups is 2. The Kier molecular flexibility index (Phi) is 5.42. The van der Waals surface area contributed by atoms with Crippen LogP contribution in [0.2, 0.25) is 0 Å². The number of hydrogen-bond acceptors (Lipinski definition) is 5. The molecule has 0 aliphatic rings. The van der Waals surface area contributed by atoms with E-state index in [2.05, 4.69) is 10.9 Å². The molecular formula is C16H18N4O3. The van der Waals surface area contributed by atoms with Crippen LogP contribution in [0.3, 0.4) is 0 Å². The van der Waals surface area contributed by atoms with Crippen molar-refractivity contribution in [2.45, 2.75) is 6.10 Å². The van der Waals surface area contributed by atoms with Gasteiger partial charge < -0.3 is 4.74 Å². The lowest BCUT2D eigenvalue weighted by Crippen LogP contribution is -2.30. The highest BCUT2D eigenvalue weighted by Gasteiger charge is 2.15. The predicted molar refractivity (Wildman–Crippen MR) is 85.0 cm³/mol. The largest absolute Gasteiger partial charge is 0.372 e. The second kappa shape index (κ2) is 7.50. The van der Waals surface area contributed by atoms with E-state index >= 15 is 0 Å². The van der Waals surface area contributed by atoms with E-state index in [1.54, 1.807) is 55.6 Å². The lowest BCUT2D eigenvalue weighted by atomic mass is 9.99. The van der Waals surface area contributed by atoms with Gasteiger partial charge in [0.2, 0.25) is 0 Å². The van der Waals surface area contributed by atoms with Crippen LogP contribution >= 0.6 is 0 Å². The van der Waals surface area contributed by atoms with Gasteiger partial charge in [-0.15, -0.1) is 0 Å². The molecule has 0 saturated heterocycles. The van der Waals surface area contributed by atoms with E-state index in [1.165, 1.54) is 0 Å². The van der Waals surface area contributed by atoms with Crippen LogP contribution in [-0.4, -0.2) is 18.9 Å². The summed E-state index contributed by atoms with van der Waals surface area (Å²) in [6, 6.07) is 13.8. The first kappa shape index (κ1) is 16.6. The van der Waals surface area contributed by atoms with Gasteiger partial charge in [-0.25, -0.2) is 11.7 Å². The molecule has 0 fully saturated rings. The third kappa shape index (κ3) is 3.72. The van der Waals surface area contributed by atoms with Crippen molar-refractivity contribution < 1.29 is 14.3 Å². The zero-order valence-corrected chi connectivity index (χ0v) is 12.6. The smallest absolute Gasteiger partial charge is 0.265 e. The van der Waals surface area contributed by atoms with E-state index in [0.717, 1.165) is 11.1 Å². The second-order valence-electron chi connectivity index (χ2n) is 4.81. The van der Waals surface area contributed by atoms with Crippen LogP contribution in [0.4, 0.5) is 0 Å². The Hall–Kier alpha value is -2.74. The molecule has 0 spiro atoms. The molecule has 0 aliphatic carbocycles. The fraction of sp³-hybridized carbons (Fsp3) is 0.125. The molecule has 2 rings (SSSR count). The molecule has 120 valence electrons. The van der Waals surface area contributed by atoms with Gasteiger partial charge in [-0.1, -0.05) is 24.3 Å². The average Bonchev–Trinajstić information content (AvgIpc) is 2.62. The number of carbonyl (C=O) groups excluding carboxylic acids is 2. The molecule has 2 aromatic rings. The number of nitrogen functional groups attached to an aromatic ring is 2. The van der Waals surface area contributed by atoms with Crippen LogP contribution < -0.4 is 22.5 Å². The topological polar surface area (TPSA) is 119 Å². The lowest BCUT2D eigenvalue weighted by molar-refractivity contribution is 0.0945. The van der Waals surface area contributed by atoms with E-state index in [9.17, 15) is 9.59 Å². The number of rotatable bonds is 5. The van der Waals surface area contributed by atoms with Crippen molar-refractivity contribution in [1.82, 2.24) is 10.9 Å². The van der Waals surface area contributed by atoms with Crippen LogP contribution in [-0.2, 0) is 4.74 Å². The summed E-state index contributed by atoms with van der Waals surface area (Å²) in [5, 5.41) is 0. The summed E-state index contributed by atoms with van der Waals surface area (Å²) in [4.78, 5) is 22.9. The van der Waals surface area contributed by atoms with Crippen molar-refractivity contribution in [2.24, 2.45) is 11.7 Å². The summed E-state index contributed by atoms with van der Waals surface area (Å²) in [6.45, 7) is 0. The number of ether oxygens (including phenoxy) is 1. The van der Waals surface area contributed by atoms with Crippen molar-refractivity contribution in [3.05, 3.63) is 70.8 Å². The first-order valence-corrected chi connectivity index (χ1v) is 6.85. The number of nitrogens with two attached hydrogens (primary N) is 2. The molecule has 0 bridgehead atoms. The Morgan fingerprint density at radius 2 is 1.17 bits per heavy atom. The first-order valence-electron chi connectivity index (χ1n) is 6.85. The standard InChI is InChI=1S/C16H18N4O3/c1-23-14(10-2-6-12(7-3-10)15(21)19-17)11-4-8-13(9-5-11)16(22)20-18/h2-9,14H,17-18H2,1H3,(H,19,21)(H,20,22). The number of amides is 2. The molecule has 2 amide bonds. The maximum atomic E-state index is 11.4. The molecule has 0 unspecified atom stereocenters. The normalized spacial score (nSPS) is 10.4. The highest BCUT2D eigenvalue weighted by molar-refractivity contribution is 5.94. The predicted octanol–water partition coefficient (Wildman–Crippen LogP) is 0.629. The van der Waals surface area contributed by atoms with Crippen molar-refractivity contribution in [3.63, 3.8) is 0 Å². The van der Waals surface area contributed by atoms with Gasteiger partial charge in [-0.2, -0.15) is 0 Å². The van der Waals surface area contributed by atoms with Gasteiger partial charge in [0.1, 0.15) is 6.10 Å². The Labute approximate surface area is 133 Å². The summed E-state index contributed by atoms with van der Waals surface area (Å²) < 4.78 is 5.53. The number of hydrogen-bond donors (Lipinski definition) is 4. The molecule has 23 heavy (non-hydrogen) atoms. The monoisotopic (exact) mass is 314 g/mol. The maximum absolute atomic E-state index is 11.4. The molecule has 0 aromatic heterocycles. The summed E-state index contributed by atoms with van der Waals surface area (Å²) in [7, 11) is 1.59. The Bertz CT molecular complexity index is 624. The van der Waals surface area contributed by atoms with E-state index in [1.807, 2.05) is 0 Å². The zero-order chi connectivity index (χ0) is 16.8. The van der Waals surface area contributed by atoms with Crippen molar-refractivity contribution in [2.75, 3.05) is 7.11 Å². The third-order valence-corrected chi connectivity index (χ3v) is 3.45. The van der Waals surface area contributed by atoms with Crippen LogP contribution in [0, 0.1) is 0 Å². The van der Waals surface area contributed by atoms with Crippen molar-refractivity contribution in [3.8, 4) is 0 Å². The Morgan fingerprint density at radius 1 is 0.826 bits per heavy atom. The molecule has 0 radical (unpaired) electrons. The van der Waals surface area contributed by atoms with Crippen LogP contribution in [0.25, 0.3) is 0 Å². The molecule has 0 saturated carbocycles. The Balaban J connectivity index is 2.25. The minimum Gasteiger partial charge on any atom is -0.372 e. The van der Waals surface area contributed by atoms with Crippen LogP contribution in [0.1, 0.15) is 37.9 Å². The second-order valence-corrected chi connectivity index (χ2v) is 4.81. The highest BCUT2D eigenvalue weighted by Crippen LogP contribution is 2.26. The molecule has 7 nitrogen and oxygen atoms in total. The number of benzene rings is 2. The van der Waals surface area contributed by atoms with E-state index < -0.39 is 0 Å². The Morgan fingerprint density at radius 3 is 1.43 bits per heavy atom. The fourth-order valence-electron chi connectivity index (χ4n) is 2.25. The van der Waals surface area contributed by atoms with Crippen LogP contribution in [0.15, 0.2) is 48.5 Å². The van der Waals surface area contributed by atoms with E-state index in [-0.39, 0.29) is 17.9 Å². The van der Waals surface area contributed by atoms with Gasteiger partial charge >= 0.3 is 0 Å². The van der Waals surface area contributed by atoms with Gasteiger partial charge in [0.15, 0.2) is 0 Å². The fourth-order valence-corrected chi connectivity index (χ4v) is 2.25. The van der Waals surface area contributed by atoms with Gasteiger partial charge in [-0.3, -0.25) is 20.4 Å². The maximum Gasteiger partial charge on any atom is 0.265 e. The third-order valence-electron chi connectivity index (χ3n) is 3.45. The average molecular weight is 314 g/mol. The first-order chi connectivity index (χ1) is 11.1. The molecule has 7 heteroatoms. The molecule has 0 atom stereocenters. The molecule has 0 aliphatic heterocycles. The summed E-state index contributed by atoms with van der Waals surface area (Å²) >= 11 is 0. The summed E-state index contributed by atoms with van der Waals surface area (Å²) in [5.41, 5.74) is 6.82. The number of methoxy groups -OCH3 is 1. The van der Waals surface area contributed by atoms with E-state index in [0.29, 0.717) is 11.1 Å². The van der Waals surface area contributed by atoms with Crippen molar-refractivity contribution >= 4 is 11.8 Å². The number of nitrogens with one attached hydrogen (secondary N) is 2. The van der Waals surface area contributed by atoms with Gasteiger partial charge in [-0.05, 0) is 35.4 Å². The quantitative estimate of drug-likeness (QED) is 0.366. The summed E-state index contributed by atoms with van der Waals surface area (Å²) in [6.07, 6.45) is -0.319. The molecule has 0 heterocycles. The number of hydrazine groups is 2. The highest BCUT2D eigenvalue weighted by atomic mass is 16.5. The van der Waals surface area contributed by atoms with Gasteiger partial charge in [0.25, 0.3) is 11.8 Å².